The molecule has 0 bridgehead atoms. The Balaban J connectivity index is 2.39. The Morgan fingerprint density at radius 1 is 1.67 bits per heavy atom. The van der Waals surface area contributed by atoms with E-state index >= 15 is 0 Å². The number of halogens is 1. The van der Waals surface area contributed by atoms with Gasteiger partial charge in [0, 0.05) is 26.2 Å². The lowest BCUT2D eigenvalue weighted by atomic mass is 10.1. The molecule has 0 unspecified atom stereocenters. The topological polar surface area (TPSA) is 26.0 Å². The molecule has 1 aliphatic carbocycles. The maximum Gasteiger partial charge on any atom is 0.0323 e. The standard InChI is InChI=1S/C9H12BrNS/c1-6-4-7(10)8(12-6)9(5-11)2-3-9/h4H,2-3,5,11H2,1H3. The Bertz CT molecular complexity index is 301. The molecule has 2 rings (SSSR count). The molecule has 3 heteroatoms. The van der Waals surface area contributed by atoms with E-state index in [1.807, 2.05) is 11.3 Å². The first-order chi connectivity index (χ1) is 5.68. The van der Waals surface area contributed by atoms with Crippen LogP contribution in [0.25, 0.3) is 0 Å². The highest BCUT2D eigenvalue weighted by molar-refractivity contribution is 9.10. The van der Waals surface area contributed by atoms with Gasteiger partial charge in [-0.05, 0) is 41.8 Å². The Hall–Kier alpha value is 0.140. The monoisotopic (exact) mass is 245 g/mol. The number of hydrogen-bond acceptors (Lipinski definition) is 2. The van der Waals surface area contributed by atoms with Gasteiger partial charge < -0.3 is 5.73 Å². The van der Waals surface area contributed by atoms with Crippen molar-refractivity contribution in [2.75, 3.05) is 6.54 Å². The van der Waals surface area contributed by atoms with Gasteiger partial charge in [-0.2, -0.15) is 0 Å². The van der Waals surface area contributed by atoms with Crippen molar-refractivity contribution in [3.63, 3.8) is 0 Å². The minimum Gasteiger partial charge on any atom is -0.330 e. The maximum atomic E-state index is 5.76. The van der Waals surface area contributed by atoms with Crippen LogP contribution in [0.2, 0.25) is 0 Å². The summed E-state index contributed by atoms with van der Waals surface area (Å²) in [6.45, 7) is 2.94. The van der Waals surface area contributed by atoms with E-state index < -0.39 is 0 Å². The van der Waals surface area contributed by atoms with Crippen LogP contribution in [0.5, 0.6) is 0 Å². The van der Waals surface area contributed by atoms with Crippen LogP contribution in [0, 0.1) is 6.92 Å². The van der Waals surface area contributed by atoms with Gasteiger partial charge in [-0.15, -0.1) is 11.3 Å². The highest BCUT2D eigenvalue weighted by atomic mass is 79.9. The van der Waals surface area contributed by atoms with Crippen molar-refractivity contribution in [1.82, 2.24) is 0 Å². The smallest absolute Gasteiger partial charge is 0.0323 e. The van der Waals surface area contributed by atoms with Crippen molar-refractivity contribution < 1.29 is 0 Å². The fraction of sp³-hybridized carbons (Fsp3) is 0.556. The lowest BCUT2D eigenvalue weighted by molar-refractivity contribution is 0.717. The zero-order chi connectivity index (χ0) is 8.77. The van der Waals surface area contributed by atoms with Gasteiger partial charge in [0.2, 0.25) is 0 Å². The molecule has 0 amide bonds. The fourth-order valence-corrected chi connectivity index (χ4v) is 3.84. The highest BCUT2D eigenvalue weighted by Gasteiger charge is 2.45. The average molecular weight is 246 g/mol. The summed E-state index contributed by atoms with van der Waals surface area (Å²) in [5, 5.41) is 0. The van der Waals surface area contributed by atoms with Gasteiger partial charge in [0.1, 0.15) is 0 Å². The molecule has 1 aromatic rings. The molecule has 1 saturated carbocycles. The Labute approximate surface area is 85.1 Å². The number of thiophene rings is 1. The van der Waals surface area contributed by atoms with Crippen LogP contribution in [0.15, 0.2) is 10.5 Å². The molecule has 1 fully saturated rings. The van der Waals surface area contributed by atoms with Crippen LogP contribution in [0.3, 0.4) is 0 Å². The largest absolute Gasteiger partial charge is 0.330 e. The summed E-state index contributed by atoms with van der Waals surface area (Å²) in [6, 6.07) is 2.19. The molecule has 0 saturated heterocycles. The van der Waals surface area contributed by atoms with Gasteiger partial charge in [-0.3, -0.25) is 0 Å². The summed E-state index contributed by atoms with van der Waals surface area (Å²) in [4.78, 5) is 2.83. The minimum atomic E-state index is 0.345. The summed E-state index contributed by atoms with van der Waals surface area (Å²) >= 11 is 5.47. The minimum absolute atomic E-state index is 0.345. The van der Waals surface area contributed by atoms with E-state index in [-0.39, 0.29) is 0 Å². The lowest BCUT2D eigenvalue weighted by Gasteiger charge is -2.09. The SMILES string of the molecule is Cc1cc(Br)c(C2(CN)CC2)s1. The van der Waals surface area contributed by atoms with Crippen molar-refractivity contribution >= 4 is 27.3 Å². The van der Waals surface area contributed by atoms with Crippen LogP contribution < -0.4 is 5.73 Å². The van der Waals surface area contributed by atoms with Gasteiger partial charge in [0.05, 0.1) is 0 Å². The first kappa shape index (κ1) is 8.73. The van der Waals surface area contributed by atoms with Crippen molar-refractivity contribution in [3.05, 3.63) is 20.3 Å². The van der Waals surface area contributed by atoms with Gasteiger partial charge in [0.25, 0.3) is 0 Å². The van der Waals surface area contributed by atoms with Crippen LogP contribution >= 0.6 is 27.3 Å². The second-order valence-electron chi connectivity index (χ2n) is 3.52. The van der Waals surface area contributed by atoms with Crippen LogP contribution in [-0.2, 0) is 5.41 Å². The predicted molar refractivity (Wildman–Crippen MR) is 56.7 cm³/mol. The second-order valence-corrected chi connectivity index (χ2v) is 5.63. The van der Waals surface area contributed by atoms with Crippen molar-refractivity contribution in [2.24, 2.45) is 5.73 Å². The molecule has 1 aliphatic rings. The number of hydrogen-bond donors (Lipinski definition) is 1. The van der Waals surface area contributed by atoms with E-state index in [4.69, 9.17) is 5.73 Å². The number of rotatable bonds is 2. The van der Waals surface area contributed by atoms with Crippen LogP contribution in [0.4, 0.5) is 0 Å². The van der Waals surface area contributed by atoms with Gasteiger partial charge in [0.15, 0.2) is 0 Å². The summed E-state index contributed by atoms with van der Waals surface area (Å²) in [5.41, 5.74) is 6.11. The summed E-state index contributed by atoms with van der Waals surface area (Å²) < 4.78 is 1.26. The third kappa shape index (κ3) is 1.24. The molecule has 1 aromatic heterocycles. The van der Waals surface area contributed by atoms with Gasteiger partial charge >= 0.3 is 0 Å². The third-order valence-electron chi connectivity index (χ3n) is 2.54. The maximum absolute atomic E-state index is 5.76. The molecule has 1 nitrogen and oxygen atoms in total. The molecule has 0 radical (unpaired) electrons. The van der Waals surface area contributed by atoms with Crippen molar-refractivity contribution in [2.45, 2.75) is 25.2 Å². The molecular weight excluding hydrogens is 234 g/mol. The molecule has 0 atom stereocenters. The van der Waals surface area contributed by atoms with E-state index in [1.165, 1.54) is 27.1 Å². The Morgan fingerprint density at radius 2 is 2.33 bits per heavy atom. The molecular formula is C9H12BrNS. The van der Waals surface area contributed by atoms with Crippen LogP contribution in [-0.4, -0.2) is 6.54 Å². The molecule has 0 aliphatic heterocycles. The Kier molecular flexibility index (Phi) is 2.05. The van der Waals surface area contributed by atoms with E-state index in [0.717, 1.165) is 6.54 Å². The van der Waals surface area contributed by atoms with E-state index in [0.29, 0.717) is 5.41 Å². The van der Waals surface area contributed by atoms with E-state index in [9.17, 15) is 0 Å². The highest BCUT2D eigenvalue weighted by Crippen LogP contribution is 2.52. The average Bonchev–Trinajstić information content (AvgIpc) is 2.74. The molecule has 1 heterocycles. The predicted octanol–water partition coefficient (Wildman–Crippen LogP) is 2.81. The van der Waals surface area contributed by atoms with E-state index in [1.54, 1.807) is 0 Å². The summed E-state index contributed by atoms with van der Waals surface area (Å²) in [6.07, 6.45) is 2.53. The van der Waals surface area contributed by atoms with Crippen LogP contribution in [0.1, 0.15) is 22.6 Å². The molecule has 2 N–H and O–H groups in total. The van der Waals surface area contributed by atoms with Gasteiger partial charge in [-0.1, -0.05) is 0 Å². The summed E-state index contributed by atoms with van der Waals surface area (Å²) in [7, 11) is 0. The molecule has 12 heavy (non-hydrogen) atoms. The first-order valence-electron chi connectivity index (χ1n) is 4.14. The lowest BCUT2D eigenvalue weighted by Crippen LogP contribution is -2.18. The summed E-state index contributed by atoms with van der Waals surface area (Å²) in [5.74, 6) is 0. The first-order valence-corrected chi connectivity index (χ1v) is 5.75. The zero-order valence-corrected chi connectivity index (χ0v) is 9.46. The Morgan fingerprint density at radius 3 is 2.67 bits per heavy atom. The number of aryl methyl sites for hydroxylation is 1. The molecule has 0 aromatic carbocycles. The third-order valence-corrected chi connectivity index (χ3v) is 4.72. The van der Waals surface area contributed by atoms with E-state index in [2.05, 4.69) is 28.9 Å². The fourth-order valence-electron chi connectivity index (χ4n) is 1.52. The van der Waals surface area contributed by atoms with Crippen molar-refractivity contribution in [1.29, 1.82) is 0 Å². The van der Waals surface area contributed by atoms with Gasteiger partial charge in [-0.25, -0.2) is 0 Å². The normalized spacial score (nSPS) is 19.6. The molecule has 0 spiro atoms. The van der Waals surface area contributed by atoms with Crippen molar-refractivity contribution in [3.8, 4) is 0 Å². The quantitative estimate of drug-likeness (QED) is 0.853. The second kappa shape index (κ2) is 2.82. The zero-order valence-electron chi connectivity index (χ0n) is 7.06. The molecule has 66 valence electrons. The number of nitrogens with two attached hydrogens (primary N) is 1.